The summed E-state index contributed by atoms with van der Waals surface area (Å²) in [5, 5.41) is 9.17. The number of amides is 2. The second-order valence-electron chi connectivity index (χ2n) is 5.21. The van der Waals surface area contributed by atoms with Crippen LogP contribution in [0.1, 0.15) is 12.8 Å². The lowest BCUT2D eigenvalue weighted by atomic mass is 9.98. The fraction of sp³-hybridized carbons (Fsp3) is 0.769. The average molecular weight is 300 g/mol. The van der Waals surface area contributed by atoms with Crippen LogP contribution in [0, 0.1) is 5.92 Å². The van der Waals surface area contributed by atoms with Crippen molar-refractivity contribution in [1.29, 1.82) is 0 Å². The van der Waals surface area contributed by atoms with E-state index in [2.05, 4.69) is 0 Å². The first-order valence-electron chi connectivity index (χ1n) is 6.98. The number of carbonyl (C=O) groups is 3. The third kappa shape index (κ3) is 3.44. The van der Waals surface area contributed by atoms with Crippen LogP contribution in [0.2, 0.25) is 0 Å². The Hall–Kier alpha value is -1.83. The molecule has 2 saturated heterocycles. The number of esters is 1. The predicted molar refractivity (Wildman–Crippen MR) is 70.7 cm³/mol. The van der Waals surface area contributed by atoms with E-state index in [9.17, 15) is 14.4 Å². The molecule has 0 aromatic rings. The van der Waals surface area contributed by atoms with E-state index in [-0.39, 0.29) is 37.6 Å². The van der Waals surface area contributed by atoms with Crippen molar-refractivity contribution in [1.82, 2.24) is 9.80 Å². The minimum Gasteiger partial charge on any atom is -0.480 e. The van der Waals surface area contributed by atoms with Crippen molar-refractivity contribution < 1.29 is 29.0 Å². The maximum absolute atomic E-state index is 12.5. The van der Waals surface area contributed by atoms with Crippen LogP contribution < -0.4 is 0 Å². The van der Waals surface area contributed by atoms with Gasteiger partial charge in [0.2, 0.25) is 0 Å². The summed E-state index contributed by atoms with van der Waals surface area (Å²) >= 11 is 0. The van der Waals surface area contributed by atoms with E-state index < -0.39 is 12.0 Å². The number of likely N-dealkylation sites (tertiary alicyclic amines) is 1. The molecule has 0 saturated carbocycles. The molecular formula is C13H20N2O6. The van der Waals surface area contributed by atoms with Crippen LogP contribution in [-0.2, 0) is 19.1 Å². The van der Waals surface area contributed by atoms with E-state index in [0.717, 1.165) is 0 Å². The zero-order valence-electron chi connectivity index (χ0n) is 12.0. The van der Waals surface area contributed by atoms with Gasteiger partial charge in [0.25, 0.3) is 0 Å². The minimum absolute atomic E-state index is 0.00462. The number of aliphatic carboxylic acids is 1. The first-order valence-corrected chi connectivity index (χ1v) is 6.98. The molecule has 8 heteroatoms. The Kier molecular flexibility index (Phi) is 5.00. The number of morpholine rings is 1. The Bertz CT molecular complexity index is 427. The summed E-state index contributed by atoms with van der Waals surface area (Å²) in [6.07, 6.45) is 1.38. The number of ether oxygens (including phenoxy) is 2. The summed E-state index contributed by atoms with van der Waals surface area (Å²) in [7, 11) is 1.32. The third-order valence-electron chi connectivity index (χ3n) is 3.89. The van der Waals surface area contributed by atoms with Crippen molar-refractivity contribution in [3.63, 3.8) is 0 Å². The molecule has 0 aliphatic carbocycles. The third-order valence-corrected chi connectivity index (χ3v) is 3.89. The highest BCUT2D eigenvalue weighted by Gasteiger charge is 2.37. The number of methoxy groups -OCH3 is 1. The van der Waals surface area contributed by atoms with Crippen molar-refractivity contribution in [2.45, 2.75) is 18.9 Å². The van der Waals surface area contributed by atoms with Crippen LogP contribution in [0.15, 0.2) is 0 Å². The number of carboxylic acid groups (broad SMARTS) is 1. The number of rotatable bonds is 2. The molecule has 0 spiro atoms. The number of carboxylic acids is 1. The number of nitrogens with zero attached hydrogens (tertiary/aromatic N) is 2. The van der Waals surface area contributed by atoms with Crippen LogP contribution in [0.25, 0.3) is 0 Å². The molecule has 118 valence electrons. The summed E-state index contributed by atoms with van der Waals surface area (Å²) in [5.74, 6) is -1.74. The SMILES string of the molecule is COC(=O)C1CCCN(C(=O)N2CCOCC2C(=O)O)C1. The zero-order valence-corrected chi connectivity index (χ0v) is 12.0. The summed E-state index contributed by atoms with van der Waals surface area (Å²) in [4.78, 5) is 38.2. The van der Waals surface area contributed by atoms with Gasteiger partial charge in [0.05, 0.1) is 26.2 Å². The van der Waals surface area contributed by atoms with Crippen molar-refractivity contribution in [3.05, 3.63) is 0 Å². The lowest BCUT2D eigenvalue weighted by Gasteiger charge is -2.39. The smallest absolute Gasteiger partial charge is 0.328 e. The van der Waals surface area contributed by atoms with Crippen LogP contribution in [-0.4, -0.2) is 78.9 Å². The Morgan fingerprint density at radius 1 is 1.29 bits per heavy atom. The Balaban J connectivity index is 2.04. The monoisotopic (exact) mass is 300 g/mol. The molecule has 2 aliphatic heterocycles. The van der Waals surface area contributed by atoms with Gasteiger partial charge in [0.15, 0.2) is 6.04 Å². The highest BCUT2D eigenvalue weighted by molar-refractivity contribution is 5.83. The van der Waals surface area contributed by atoms with Gasteiger partial charge in [-0.15, -0.1) is 0 Å². The molecule has 0 aromatic carbocycles. The van der Waals surface area contributed by atoms with Gasteiger partial charge in [-0.2, -0.15) is 0 Å². The molecule has 8 nitrogen and oxygen atoms in total. The molecule has 2 unspecified atom stereocenters. The van der Waals surface area contributed by atoms with E-state index in [1.165, 1.54) is 16.9 Å². The largest absolute Gasteiger partial charge is 0.480 e. The highest BCUT2D eigenvalue weighted by Crippen LogP contribution is 2.20. The van der Waals surface area contributed by atoms with Gasteiger partial charge >= 0.3 is 18.0 Å². The lowest BCUT2D eigenvalue weighted by molar-refractivity contribution is -0.149. The van der Waals surface area contributed by atoms with Crippen LogP contribution in [0.5, 0.6) is 0 Å². The maximum atomic E-state index is 12.5. The molecule has 0 radical (unpaired) electrons. The Labute approximate surface area is 122 Å². The quantitative estimate of drug-likeness (QED) is 0.708. The Morgan fingerprint density at radius 2 is 2.05 bits per heavy atom. The molecule has 21 heavy (non-hydrogen) atoms. The van der Waals surface area contributed by atoms with Gasteiger partial charge in [-0.25, -0.2) is 9.59 Å². The molecule has 1 N–H and O–H groups in total. The van der Waals surface area contributed by atoms with Crippen LogP contribution in [0.3, 0.4) is 0 Å². The summed E-state index contributed by atoms with van der Waals surface area (Å²) in [6.45, 7) is 1.36. The first kappa shape index (κ1) is 15.6. The van der Waals surface area contributed by atoms with E-state index in [1.807, 2.05) is 0 Å². The maximum Gasteiger partial charge on any atom is 0.328 e. The van der Waals surface area contributed by atoms with Gasteiger partial charge < -0.3 is 24.4 Å². The average Bonchev–Trinajstić information content (AvgIpc) is 2.53. The lowest BCUT2D eigenvalue weighted by Crippen LogP contribution is -2.58. The minimum atomic E-state index is -1.08. The van der Waals surface area contributed by atoms with E-state index in [4.69, 9.17) is 14.6 Å². The molecule has 2 aliphatic rings. The number of piperidine rings is 1. The molecule has 0 aromatic heterocycles. The molecule has 2 heterocycles. The van der Waals surface area contributed by atoms with E-state index >= 15 is 0 Å². The number of hydrogen-bond acceptors (Lipinski definition) is 5. The topological polar surface area (TPSA) is 96.4 Å². The zero-order chi connectivity index (χ0) is 15.4. The van der Waals surface area contributed by atoms with Crippen molar-refractivity contribution in [3.8, 4) is 0 Å². The number of carbonyl (C=O) groups excluding carboxylic acids is 2. The first-order chi connectivity index (χ1) is 10.0. The second-order valence-corrected chi connectivity index (χ2v) is 5.21. The Morgan fingerprint density at radius 3 is 2.71 bits per heavy atom. The molecule has 2 atom stereocenters. The molecular weight excluding hydrogens is 280 g/mol. The predicted octanol–water partition coefficient (Wildman–Crippen LogP) is -0.223. The van der Waals surface area contributed by atoms with Gasteiger partial charge in [-0.1, -0.05) is 0 Å². The second kappa shape index (κ2) is 6.75. The van der Waals surface area contributed by atoms with Gasteiger partial charge in [-0.3, -0.25) is 4.79 Å². The molecule has 2 amide bonds. The normalized spacial score (nSPS) is 26.3. The fourth-order valence-corrected chi connectivity index (χ4v) is 2.73. The number of hydrogen-bond donors (Lipinski definition) is 1. The number of urea groups is 1. The van der Waals surface area contributed by atoms with Crippen LogP contribution >= 0.6 is 0 Å². The van der Waals surface area contributed by atoms with Gasteiger partial charge in [-0.05, 0) is 12.8 Å². The van der Waals surface area contributed by atoms with E-state index in [0.29, 0.717) is 26.0 Å². The summed E-state index contributed by atoms with van der Waals surface area (Å²) < 4.78 is 9.84. The molecule has 2 fully saturated rings. The summed E-state index contributed by atoms with van der Waals surface area (Å²) in [6, 6.07) is -1.32. The van der Waals surface area contributed by atoms with Crippen molar-refractivity contribution in [2.75, 3.05) is 40.0 Å². The van der Waals surface area contributed by atoms with Crippen molar-refractivity contribution in [2.24, 2.45) is 5.92 Å². The molecule has 0 bridgehead atoms. The van der Waals surface area contributed by atoms with Gasteiger partial charge in [0, 0.05) is 19.6 Å². The highest BCUT2D eigenvalue weighted by atomic mass is 16.5. The fourth-order valence-electron chi connectivity index (χ4n) is 2.73. The van der Waals surface area contributed by atoms with Crippen molar-refractivity contribution >= 4 is 18.0 Å². The molecule has 2 rings (SSSR count). The van der Waals surface area contributed by atoms with E-state index in [1.54, 1.807) is 0 Å². The van der Waals surface area contributed by atoms with Gasteiger partial charge in [0.1, 0.15) is 0 Å². The van der Waals surface area contributed by atoms with Crippen LogP contribution in [0.4, 0.5) is 4.79 Å². The standard InChI is InChI=1S/C13H20N2O6/c1-20-12(18)9-3-2-4-14(7-9)13(19)15-5-6-21-8-10(15)11(16)17/h9-10H,2-8H2,1H3,(H,16,17). The summed E-state index contributed by atoms with van der Waals surface area (Å²) in [5.41, 5.74) is 0.